The van der Waals surface area contributed by atoms with Crippen molar-refractivity contribution in [2.24, 2.45) is 28.9 Å². The van der Waals surface area contributed by atoms with Crippen LogP contribution in [0.3, 0.4) is 0 Å². The lowest BCUT2D eigenvalue weighted by molar-refractivity contribution is 0.199. The van der Waals surface area contributed by atoms with Gasteiger partial charge in [0.15, 0.2) is 0 Å². The Labute approximate surface area is 114 Å². The summed E-state index contributed by atoms with van der Waals surface area (Å²) in [7, 11) is 2.28. The lowest BCUT2D eigenvalue weighted by Crippen LogP contribution is -2.26. The van der Waals surface area contributed by atoms with Crippen LogP contribution in [0.5, 0.6) is 0 Å². The summed E-state index contributed by atoms with van der Waals surface area (Å²) >= 11 is 0. The third-order valence-electron chi connectivity index (χ3n) is 4.65. The van der Waals surface area contributed by atoms with E-state index in [1.54, 1.807) is 0 Å². The SMILES string of the molecule is CC1CC1CN(C)CCCC(CCN)C(C)(C)C. The maximum absolute atomic E-state index is 5.74. The number of rotatable bonds is 8. The molecule has 0 aromatic heterocycles. The van der Waals surface area contributed by atoms with E-state index in [2.05, 4.69) is 39.6 Å². The molecule has 0 aromatic rings. The van der Waals surface area contributed by atoms with Gasteiger partial charge in [-0.05, 0) is 69.0 Å². The largest absolute Gasteiger partial charge is 0.330 e. The molecule has 0 amide bonds. The molecule has 0 radical (unpaired) electrons. The van der Waals surface area contributed by atoms with Gasteiger partial charge >= 0.3 is 0 Å². The summed E-state index contributed by atoms with van der Waals surface area (Å²) in [6.07, 6.45) is 5.26. The minimum Gasteiger partial charge on any atom is -0.330 e. The zero-order chi connectivity index (χ0) is 13.8. The van der Waals surface area contributed by atoms with Crippen molar-refractivity contribution in [1.82, 2.24) is 4.90 Å². The zero-order valence-electron chi connectivity index (χ0n) is 13.2. The fourth-order valence-corrected chi connectivity index (χ4v) is 2.96. The topological polar surface area (TPSA) is 29.3 Å². The molecule has 18 heavy (non-hydrogen) atoms. The van der Waals surface area contributed by atoms with Crippen LogP contribution in [0.25, 0.3) is 0 Å². The van der Waals surface area contributed by atoms with Gasteiger partial charge in [-0.15, -0.1) is 0 Å². The molecule has 0 heterocycles. The minimum absolute atomic E-state index is 0.406. The van der Waals surface area contributed by atoms with Crippen molar-refractivity contribution in [3.63, 3.8) is 0 Å². The van der Waals surface area contributed by atoms with Crippen LogP contribution in [0.4, 0.5) is 0 Å². The molecule has 3 atom stereocenters. The van der Waals surface area contributed by atoms with Crippen molar-refractivity contribution < 1.29 is 0 Å². The Bertz CT molecular complexity index is 232. The second kappa shape index (κ2) is 6.91. The van der Waals surface area contributed by atoms with Gasteiger partial charge in [0.25, 0.3) is 0 Å². The molecule has 3 unspecified atom stereocenters. The monoisotopic (exact) mass is 254 g/mol. The van der Waals surface area contributed by atoms with Crippen LogP contribution in [0.15, 0.2) is 0 Å². The van der Waals surface area contributed by atoms with Crippen LogP contribution in [0.2, 0.25) is 0 Å². The first kappa shape index (κ1) is 16.0. The van der Waals surface area contributed by atoms with Crippen LogP contribution >= 0.6 is 0 Å². The van der Waals surface area contributed by atoms with Gasteiger partial charge in [-0.25, -0.2) is 0 Å². The average Bonchev–Trinajstić information content (AvgIpc) is 2.91. The van der Waals surface area contributed by atoms with E-state index >= 15 is 0 Å². The van der Waals surface area contributed by atoms with E-state index < -0.39 is 0 Å². The molecule has 2 N–H and O–H groups in total. The number of nitrogens with zero attached hydrogens (tertiary/aromatic N) is 1. The zero-order valence-corrected chi connectivity index (χ0v) is 13.2. The quantitative estimate of drug-likeness (QED) is 0.719. The second-order valence-electron chi connectivity index (χ2n) is 7.52. The van der Waals surface area contributed by atoms with Crippen molar-refractivity contribution in [3.8, 4) is 0 Å². The summed E-state index contributed by atoms with van der Waals surface area (Å²) in [5.74, 6) is 2.74. The normalized spacial score (nSPS) is 25.5. The van der Waals surface area contributed by atoms with Crippen LogP contribution in [-0.4, -0.2) is 31.6 Å². The Morgan fingerprint density at radius 2 is 1.89 bits per heavy atom. The molecule has 108 valence electrons. The molecule has 1 rings (SSSR count). The summed E-state index contributed by atoms with van der Waals surface area (Å²) in [5, 5.41) is 0. The average molecular weight is 254 g/mol. The number of hydrogen-bond donors (Lipinski definition) is 1. The number of nitrogens with two attached hydrogens (primary N) is 1. The molecule has 0 aliphatic heterocycles. The summed E-state index contributed by atoms with van der Waals surface area (Å²) in [4.78, 5) is 2.52. The van der Waals surface area contributed by atoms with Crippen molar-refractivity contribution in [2.45, 2.75) is 53.4 Å². The summed E-state index contributed by atoms with van der Waals surface area (Å²) in [5.41, 5.74) is 6.14. The Morgan fingerprint density at radius 3 is 2.33 bits per heavy atom. The molecule has 1 aliphatic rings. The minimum atomic E-state index is 0.406. The first-order valence-corrected chi connectivity index (χ1v) is 7.73. The molecule has 0 spiro atoms. The fourth-order valence-electron chi connectivity index (χ4n) is 2.96. The van der Waals surface area contributed by atoms with Gasteiger partial charge in [-0.3, -0.25) is 0 Å². The van der Waals surface area contributed by atoms with E-state index in [1.807, 2.05) is 0 Å². The van der Waals surface area contributed by atoms with Gasteiger partial charge < -0.3 is 10.6 Å². The Kier molecular flexibility index (Phi) is 6.13. The van der Waals surface area contributed by atoms with Crippen molar-refractivity contribution in [3.05, 3.63) is 0 Å². The summed E-state index contributed by atoms with van der Waals surface area (Å²) in [6.45, 7) is 12.8. The van der Waals surface area contributed by atoms with E-state index in [0.29, 0.717) is 5.41 Å². The molecular weight excluding hydrogens is 220 g/mol. The Balaban J connectivity index is 2.17. The van der Waals surface area contributed by atoms with Crippen LogP contribution in [0, 0.1) is 23.2 Å². The molecule has 0 bridgehead atoms. The highest BCUT2D eigenvalue weighted by Gasteiger charge is 2.33. The van der Waals surface area contributed by atoms with Gasteiger partial charge in [0.2, 0.25) is 0 Å². The first-order valence-electron chi connectivity index (χ1n) is 7.73. The smallest absolute Gasteiger partial charge is 0.000926 e. The van der Waals surface area contributed by atoms with Crippen molar-refractivity contribution in [1.29, 1.82) is 0 Å². The standard InChI is InChI=1S/C16H34N2/c1-13-11-14(13)12-18(5)10-6-7-15(8-9-17)16(2,3)4/h13-15H,6-12,17H2,1-5H3. The lowest BCUT2D eigenvalue weighted by atomic mass is 9.76. The Morgan fingerprint density at radius 1 is 1.28 bits per heavy atom. The van der Waals surface area contributed by atoms with E-state index in [9.17, 15) is 0 Å². The molecule has 2 nitrogen and oxygen atoms in total. The predicted molar refractivity (Wildman–Crippen MR) is 80.6 cm³/mol. The Hall–Kier alpha value is -0.0800. The van der Waals surface area contributed by atoms with Crippen LogP contribution in [-0.2, 0) is 0 Å². The highest BCUT2D eigenvalue weighted by Crippen LogP contribution is 2.38. The lowest BCUT2D eigenvalue weighted by Gasteiger charge is -2.31. The van der Waals surface area contributed by atoms with Gasteiger partial charge in [-0.1, -0.05) is 27.7 Å². The van der Waals surface area contributed by atoms with Crippen LogP contribution < -0.4 is 5.73 Å². The van der Waals surface area contributed by atoms with E-state index in [0.717, 1.165) is 24.3 Å². The highest BCUT2D eigenvalue weighted by atomic mass is 15.1. The first-order chi connectivity index (χ1) is 8.34. The van der Waals surface area contributed by atoms with E-state index in [-0.39, 0.29) is 0 Å². The third-order valence-corrected chi connectivity index (χ3v) is 4.65. The fraction of sp³-hybridized carbons (Fsp3) is 1.00. The molecule has 1 aliphatic carbocycles. The summed E-state index contributed by atoms with van der Waals surface area (Å²) in [6, 6.07) is 0. The second-order valence-corrected chi connectivity index (χ2v) is 7.52. The van der Waals surface area contributed by atoms with E-state index in [4.69, 9.17) is 5.73 Å². The summed E-state index contributed by atoms with van der Waals surface area (Å²) < 4.78 is 0. The van der Waals surface area contributed by atoms with Gasteiger partial charge in [-0.2, -0.15) is 0 Å². The van der Waals surface area contributed by atoms with Crippen LogP contribution in [0.1, 0.15) is 53.4 Å². The third kappa shape index (κ3) is 5.71. The van der Waals surface area contributed by atoms with E-state index in [1.165, 1.54) is 38.8 Å². The maximum Gasteiger partial charge on any atom is 0.000926 e. The molecule has 1 fully saturated rings. The highest BCUT2D eigenvalue weighted by molar-refractivity contribution is 4.84. The van der Waals surface area contributed by atoms with Crippen molar-refractivity contribution in [2.75, 3.05) is 26.7 Å². The molecular formula is C16H34N2. The predicted octanol–water partition coefficient (Wildman–Crippen LogP) is 3.37. The van der Waals surface area contributed by atoms with Gasteiger partial charge in [0, 0.05) is 6.54 Å². The molecule has 2 heteroatoms. The maximum atomic E-state index is 5.74. The van der Waals surface area contributed by atoms with Gasteiger partial charge in [0.05, 0.1) is 0 Å². The molecule has 0 aromatic carbocycles. The van der Waals surface area contributed by atoms with Gasteiger partial charge in [0.1, 0.15) is 0 Å². The molecule has 1 saturated carbocycles. The molecule has 0 saturated heterocycles. The van der Waals surface area contributed by atoms with Crippen molar-refractivity contribution >= 4 is 0 Å². The number of hydrogen-bond acceptors (Lipinski definition) is 2.